The molecule has 3 aromatic heterocycles. The Balaban J connectivity index is 1.80. The molecule has 0 aromatic carbocycles. The van der Waals surface area contributed by atoms with Gasteiger partial charge in [-0.25, -0.2) is 14.8 Å². The lowest BCUT2D eigenvalue weighted by atomic mass is 10.2. The summed E-state index contributed by atoms with van der Waals surface area (Å²) in [6.45, 7) is 2.39. The molecule has 0 saturated heterocycles. The molecule has 0 atom stereocenters. The number of nitrogens with zero attached hydrogens (tertiary/aromatic N) is 4. The minimum Gasteiger partial charge on any atom is -0.369 e. The van der Waals surface area contributed by atoms with E-state index in [1.54, 1.807) is 4.68 Å². The third-order valence-corrected chi connectivity index (χ3v) is 3.38. The summed E-state index contributed by atoms with van der Waals surface area (Å²) >= 11 is 0. The fraction of sp³-hybridized carbons (Fsp3) is 0.308. The van der Waals surface area contributed by atoms with Crippen LogP contribution in [-0.4, -0.2) is 36.3 Å². The smallest absolute Gasteiger partial charge is 0.325 e. The van der Waals surface area contributed by atoms with Crippen molar-refractivity contribution in [2.75, 3.05) is 11.9 Å². The fourth-order valence-corrected chi connectivity index (χ4v) is 2.35. The van der Waals surface area contributed by atoms with Crippen LogP contribution in [0.1, 0.15) is 11.3 Å². The molecule has 0 aliphatic heterocycles. The lowest BCUT2D eigenvalue weighted by Gasteiger charge is -2.06. The van der Waals surface area contributed by atoms with Gasteiger partial charge >= 0.3 is 5.69 Å². The van der Waals surface area contributed by atoms with E-state index in [4.69, 9.17) is 0 Å². The molecular formula is C13H15N7O2. The summed E-state index contributed by atoms with van der Waals surface area (Å²) in [5.74, 6) is 0.677. The highest BCUT2D eigenvalue weighted by atomic mass is 16.2. The summed E-state index contributed by atoms with van der Waals surface area (Å²) < 4.78 is 1.70. The first-order valence-electron chi connectivity index (χ1n) is 6.75. The third-order valence-electron chi connectivity index (χ3n) is 3.38. The second kappa shape index (κ2) is 5.43. The van der Waals surface area contributed by atoms with Crippen molar-refractivity contribution in [2.45, 2.75) is 13.3 Å². The van der Waals surface area contributed by atoms with Crippen LogP contribution < -0.4 is 16.6 Å². The summed E-state index contributed by atoms with van der Waals surface area (Å²) in [7, 11) is 1.83. The maximum atomic E-state index is 11.6. The van der Waals surface area contributed by atoms with Crippen LogP contribution in [0.25, 0.3) is 11.0 Å². The first-order valence-corrected chi connectivity index (χ1v) is 6.75. The first kappa shape index (κ1) is 14.0. The average molecular weight is 301 g/mol. The monoisotopic (exact) mass is 301 g/mol. The van der Waals surface area contributed by atoms with Crippen LogP contribution in [0.3, 0.4) is 0 Å². The number of H-pyrrole nitrogens is 2. The molecule has 3 aromatic rings. The molecule has 0 fully saturated rings. The Morgan fingerprint density at radius 1 is 1.32 bits per heavy atom. The van der Waals surface area contributed by atoms with Gasteiger partial charge < -0.3 is 10.3 Å². The normalized spacial score (nSPS) is 11.0. The van der Waals surface area contributed by atoms with Gasteiger partial charge in [-0.3, -0.25) is 14.5 Å². The van der Waals surface area contributed by atoms with Crippen molar-refractivity contribution < 1.29 is 0 Å². The molecule has 3 N–H and O–H groups in total. The molecular weight excluding hydrogens is 286 g/mol. The van der Waals surface area contributed by atoms with E-state index >= 15 is 0 Å². The number of aromatic amines is 2. The van der Waals surface area contributed by atoms with Gasteiger partial charge in [0.25, 0.3) is 5.56 Å². The Morgan fingerprint density at radius 3 is 2.91 bits per heavy atom. The lowest BCUT2D eigenvalue weighted by molar-refractivity contribution is 0.773. The number of anilines is 1. The largest absolute Gasteiger partial charge is 0.369 e. The minimum atomic E-state index is -0.509. The van der Waals surface area contributed by atoms with Crippen LogP contribution >= 0.6 is 0 Å². The van der Waals surface area contributed by atoms with Crippen LogP contribution in [-0.2, 0) is 13.5 Å². The van der Waals surface area contributed by atoms with Crippen LogP contribution in [0.15, 0.2) is 22.1 Å². The topological polar surface area (TPSA) is 121 Å². The van der Waals surface area contributed by atoms with Crippen LogP contribution in [0.4, 0.5) is 5.82 Å². The molecule has 0 aliphatic rings. The van der Waals surface area contributed by atoms with Crippen molar-refractivity contribution >= 4 is 16.9 Å². The van der Waals surface area contributed by atoms with E-state index in [0.717, 1.165) is 16.7 Å². The molecule has 0 radical (unpaired) electrons. The summed E-state index contributed by atoms with van der Waals surface area (Å²) in [4.78, 5) is 35.7. The molecule has 0 bridgehead atoms. The standard InChI is InChI=1S/C13H15N7O2/c1-7-9-10(16-6-17-11(9)20(2)19-7)14-4-3-8-5-15-13(22)18-12(8)21/h5-6H,3-4H2,1-2H3,(H,14,16,17)(H2,15,18,21,22). The second-order valence-corrected chi connectivity index (χ2v) is 4.90. The Kier molecular flexibility index (Phi) is 3.45. The Bertz CT molecular complexity index is 937. The number of hydrogen-bond acceptors (Lipinski definition) is 6. The van der Waals surface area contributed by atoms with Gasteiger partial charge in [-0.05, 0) is 13.3 Å². The molecule has 0 amide bonds. The molecule has 0 aliphatic carbocycles. The van der Waals surface area contributed by atoms with Crippen molar-refractivity contribution in [3.8, 4) is 0 Å². The maximum Gasteiger partial charge on any atom is 0.325 e. The summed E-state index contributed by atoms with van der Waals surface area (Å²) in [6.07, 6.45) is 3.35. The Morgan fingerprint density at radius 2 is 2.14 bits per heavy atom. The number of rotatable bonds is 4. The van der Waals surface area contributed by atoms with Gasteiger partial charge in [-0.2, -0.15) is 5.10 Å². The van der Waals surface area contributed by atoms with Crippen molar-refractivity contribution in [3.63, 3.8) is 0 Å². The van der Waals surface area contributed by atoms with Crippen molar-refractivity contribution in [2.24, 2.45) is 7.05 Å². The molecule has 114 valence electrons. The first-order chi connectivity index (χ1) is 10.6. The van der Waals surface area contributed by atoms with E-state index in [1.165, 1.54) is 12.5 Å². The van der Waals surface area contributed by atoms with E-state index in [0.29, 0.717) is 24.3 Å². The van der Waals surface area contributed by atoms with Gasteiger partial charge in [0.05, 0.1) is 11.1 Å². The zero-order chi connectivity index (χ0) is 15.7. The zero-order valence-electron chi connectivity index (χ0n) is 12.2. The van der Waals surface area contributed by atoms with Crippen LogP contribution in [0.2, 0.25) is 0 Å². The molecule has 0 spiro atoms. The van der Waals surface area contributed by atoms with Gasteiger partial charge in [0.2, 0.25) is 0 Å². The Hall–Kier alpha value is -2.97. The number of nitrogens with one attached hydrogen (secondary N) is 3. The SMILES string of the molecule is Cc1nn(C)c2ncnc(NCCc3c[nH]c(=O)[nH]c3=O)c12. The van der Waals surface area contributed by atoms with Gasteiger partial charge in [-0.1, -0.05) is 0 Å². The lowest BCUT2D eigenvalue weighted by Crippen LogP contribution is -2.25. The maximum absolute atomic E-state index is 11.6. The second-order valence-electron chi connectivity index (χ2n) is 4.90. The van der Waals surface area contributed by atoms with Gasteiger partial charge in [0.1, 0.15) is 12.1 Å². The van der Waals surface area contributed by atoms with Crippen molar-refractivity contribution in [1.82, 2.24) is 29.7 Å². The number of hydrogen-bond donors (Lipinski definition) is 3. The van der Waals surface area contributed by atoms with Crippen LogP contribution in [0, 0.1) is 6.92 Å². The molecule has 9 heteroatoms. The predicted molar refractivity (Wildman–Crippen MR) is 80.9 cm³/mol. The summed E-state index contributed by atoms with van der Waals surface area (Å²) in [5, 5.41) is 8.36. The predicted octanol–water partition coefficient (Wildman–Crippen LogP) is -0.297. The highest BCUT2D eigenvalue weighted by Crippen LogP contribution is 2.21. The van der Waals surface area contributed by atoms with Crippen molar-refractivity contribution in [3.05, 3.63) is 44.6 Å². The van der Waals surface area contributed by atoms with E-state index < -0.39 is 5.69 Å². The van der Waals surface area contributed by atoms with Gasteiger partial charge in [0, 0.05) is 25.4 Å². The Labute approximate surface area is 124 Å². The molecule has 9 nitrogen and oxygen atoms in total. The van der Waals surface area contributed by atoms with Crippen LogP contribution in [0.5, 0.6) is 0 Å². The van der Waals surface area contributed by atoms with Gasteiger partial charge in [-0.15, -0.1) is 0 Å². The molecule has 3 heterocycles. The average Bonchev–Trinajstić information content (AvgIpc) is 2.77. The molecule has 0 saturated carbocycles. The van der Waals surface area contributed by atoms with E-state index in [1.807, 2.05) is 14.0 Å². The fourth-order valence-electron chi connectivity index (χ4n) is 2.35. The zero-order valence-corrected chi connectivity index (χ0v) is 12.2. The summed E-state index contributed by atoms with van der Waals surface area (Å²) in [5.41, 5.74) is 1.20. The van der Waals surface area contributed by atoms with E-state index in [9.17, 15) is 9.59 Å². The quantitative estimate of drug-likeness (QED) is 0.608. The van der Waals surface area contributed by atoms with Crippen molar-refractivity contribution in [1.29, 1.82) is 0 Å². The summed E-state index contributed by atoms with van der Waals surface area (Å²) in [6, 6.07) is 0. The van der Waals surface area contributed by atoms with E-state index in [-0.39, 0.29) is 5.56 Å². The number of aryl methyl sites for hydroxylation is 2. The third kappa shape index (κ3) is 2.48. The highest BCUT2D eigenvalue weighted by Gasteiger charge is 2.11. The highest BCUT2D eigenvalue weighted by molar-refractivity contribution is 5.88. The van der Waals surface area contributed by atoms with Gasteiger partial charge in [0.15, 0.2) is 5.65 Å². The minimum absolute atomic E-state index is 0.379. The number of aromatic nitrogens is 6. The molecule has 22 heavy (non-hydrogen) atoms. The molecule has 3 rings (SSSR count). The number of fused-ring (bicyclic) bond motifs is 1. The van der Waals surface area contributed by atoms with E-state index in [2.05, 4.69) is 30.4 Å². The molecule has 0 unspecified atom stereocenters.